The molecule has 68 valence electrons. The van der Waals surface area contributed by atoms with E-state index < -0.39 is 5.60 Å². The Morgan fingerprint density at radius 1 is 1.33 bits per heavy atom. The number of rotatable bonds is 3. The highest BCUT2D eigenvalue weighted by molar-refractivity contribution is 5.22. The quantitative estimate of drug-likeness (QED) is 0.639. The maximum absolute atomic E-state index is 9.36. The van der Waals surface area contributed by atoms with Gasteiger partial charge in [-0.05, 0) is 27.7 Å². The number of hydrogen-bond acceptors (Lipinski definition) is 1. The molecule has 0 heterocycles. The van der Waals surface area contributed by atoms with Gasteiger partial charge in [0.2, 0.25) is 0 Å². The van der Waals surface area contributed by atoms with E-state index in [0.29, 0.717) is 0 Å². The van der Waals surface area contributed by atoms with E-state index in [1.165, 1.54) is 0 Å². The van der Waals surface area contributed by atoms with Gasteiger partial charge in [0.25, 0.3) is 0 Å². The topological polar surface area (TPSA) is 20.2 Å². The molecule has 0 amide bonds. The van der Waals surface area contributed by atoms with Gasteiger partial charge in [-0.25, -0.2) is 0 Å². The first-order valence-corrected chi connectivity index (χ1v) is 4.17. The molecule has 0 aliphatic rings. The second kappa shape index (κ2) is 4.94. The third-order valence-electron chi connectivity index (χ3n) is 1.31. The minimum Gasteiger partial charge on any atom is -0.386 e. The smallest absolute Gasteiger partial charge is 0.0774 e. The van der Waals surface area contributed by atoms with Gasteiger partial charge in [-0.3, -0.25) is 0 Å². The van der Waals surface area contributed by atoms with Gasteiger partial charge in [-0.1, -0.05) is 36.0 Å². The van der Waals surface area contributed by atoms with E-state index in [4.69, 9.17) is 0 Å². The number of allylic oxidation sites excluding steroid dienone is 5. The maximum Gasteiger partial charge on any atom is 0.0774 e. The van der Waals surface area contributed by atoms with Gasteiger partial charge in [0, 0.05) is 0 Å². The lowest BCUT2D eigenvalue weighted by Crippen LogP contribution is -2.13. The van der Waals surface area contributed by atoms with Crippen LogP contribution in [0.3, 0.4) is 0 Å². The summed E-state index contributed by atoms with van der Waals surface area (Å²) in [7, 11) is 0. The van der Waals surface area contributed by atoms with Crippen molar-refractivity contribution in [2.24, 2.45) is 0 Å². The van der Waals surface area contributed by atoms with Crippen molar-refractivity contribution in [1.82, 2.24) is 0 Å². The maximum atomic E-state index is 9.36. The fourth-order valence-electron chi connectivity index (χ4n) is 0.639. The van der Waals surface area contributed by atoms with Crippen LogP contribution < -0.4 is 0 Å². The number of aliphatic hydroxyl groups is 1. The standard InChI is InChI=1S/C11H18O/c1-5-6-7-10(2)8-9-11(3,4)12/h5-9,12H,1-4H3/b6-5-,9-8+,10-7+. The van der Waals surface area contributed by atoms with E-state index >= 15 is 0 Å². The summed E-state index contributed by atoms with van der Waals surface area (Å²) in [5.41, 5.74) is 0.417. The average Bonchev–Trinajstić information content (AvgIpc) is 1.95. The Balaban J connectivity index is 4.17. The first-order valence-electron chi connectivity index (χ1n) is 4.17. The molecular formula is C11H18O. The Bertz CT molecular complexity index is 202. The first kappa shape index (κ1) is 11.2. The molecule has 0 unspecified atom stereocenters. The van der Waals surface area contributed by atoms with Crippen LogP contribution >= 0.6 is 0 Å². The van der Waals surface area contributed by atoms with Crippen LogP contribution in [-0.2, 0) is 0 Å². The highest BCUT2D eigenvalue weighted by Gasteiger charge is 2.04. The lowest BCUT2D eigenvalue weighted by molar-refractivity contribution is 0.133. The summed E-state index contributed by atoms with van der Waals surface area (Å²) in [6.45, 7) is 7.49. The minimum absolute atomic E-state index is 0.717. The van der Waals surface area contributed by atoms with Gasteiger partial charge in [-0.2, -0.15) is 0 Å². The molecule has 0 aromatic heterocycles. The van der Waals surface area contributed by atoms with Crippen LogP contribution in [0.5, 0.6) is 0 Å². The molecular weight excluding hydrogens is 148 g/mol. The molecule has 0 bridgehead atoms. The monoisotopic (exact) mass is 166 g/mol. The van der Waals surface area contributed by atoms with Crippen molar-refractivity contribution in [1.29, 1.82) is 0 Å². The predicted octanol–water partition coefficient (Wildman–Crippen LogP) is 2.84. The third kappa shape index (κ3) is 7.29. The van der Waals surface area contributed by atoms with Gasteiger partial charge < -0.3 is 5.11 Å². The molecule has 1 heteroatoms. The second-order valence-electron chi connectivity index (χ2n) is 3.42. The van der Waals surface area contributed by atoms with Gasteiger partial charge >= 0.3 is 0 Å². The highest BCUT2D eigenvalue weighted by Crippen LogP contribution is 2.05. The summed E-state index contributed by atoms with van der Waals surface area (Å²) in [6, 6.07) is 0. The largest absolute Gasteiger partial charge is 0.386 e. The Kier molecular flexibility index (Phi) is 4.60. The summed E-state index contributed by atoms with van der Waals surface area (Å²) < 4.78 is 0. The molecule has 0 saturated carbocycles. The average molecular weight is 166 g/mol. The Labute approximate surface area is 75.1 Å². The van der Waals surface area contributed by atoms with Crippen LogP contribution in [0.15, 0.2) is 36.0 Å². The summed E-state index contributed by atoms with van der Waals surface area (Å²) in [6.07, 6.45) is 9.65. The molecule has 0 aromatic carbocycles. The zero-order valence-corrected chi connectivity index (χ0v) is 8.33. The van der Waals surface area contributed by atoms with E-state index in [0.717, 1.165) is 5.57 Å². The molecule has 0 atom stereocenters. The zero-order chi connectivity index (χ0) is 9.61. The van der Waals surface area contributed by atoms with Crippen LogP contribution in [0.4, 0.5) is 0 Å². The van der Waals surface area contributed by atoms with E-state index in [1.54, 1.807) is 19.9 Å². The van der Waals surface area contributed by atoms with E-state index in [2.05, 4.69) is 0 Å². The molecule has 0 aromatic rings. The predicted molar refractivity (Wildman–Crippen MR) is 54.0 cm³/mol. The lowest BCUT2D eigenvalue weighted by Gasteiger charge is -2.09. The molecule has 0 spiro atoms. The van der Waals surface area contributed by atoms with Crippen molar-refractivity contribution in [3.05, 3.63) is 36.0 Å². The van der Waals surface area contributed by atoms with Crippen molar-refractivity contribution >= 4 is 0 Å². The Hall–Kier alpha value is -0.820. The fourth-order valence-corrected chi connectivity index (χ4v) is 0.639. The van der Waals surface area contributed by atoms with Gasteiger partial charge in [0.1, 0.15) is 0 Å². The van der Waals surface area contributed by atoms with Crippen molar-refractivity contribution < 1.29 is 5.11 Å². The molecule has 12 heavy (non-hydrogen) atoms. The van der Waals surface area contributed by atoms with Crippen molar-refractivity contribution in [3.8, 4) is 0 Å². The van der Waals surface area contributed by atoms with Gasteiger partial charge in [0.15, 0.2) is 0 Å². The van der Waals surface area contributed by atoms with E-state index in [1.807, 2.05) is 38.2 Å². The minimum atomic E-state index is -0.717. The molecule has 0 fully saturated rings. The molecule has 1 N–H and O–H groups in total. The normalized spacial score (nSPS) is 14.9. The zero-order valence-electron chi connectivity index (χ0n) is 8.33. The van der Waals surface area contributed by atoms with Gasteiger partial charge in [-0.15, -0.1) is 0 Å². The van der Waals surface area contributed by atoms with E-state index in [-0.39, 0.29) is 0 Å². The van der Waals surface area contributed by atoms with E-state index in [9.17, 15) is 5.11 Å². The first-order chi connectivity index (χ1) is 5.45. The summed E-state index contributed by atoms with van der Waals surface area (Å²) in [5.74, 6) is 0. The fraction of sp³-hybridized carbons (Fsp3) is 0.455. The van der Waals surface area contributed by atoms with Crippen molar-refractivity contribution in [2.75, 3.05) is 0 Å². The molecule has 0 radical (unpaired) electrons. The molecule has 0 rings (SSSR count). The third-order valence-corrected chi connectivity index (χ3v) is 1.31. The van der Waals surface area contributed by atoms with Crippen LogP contribution in [0.1, 0.15) is 27.7 Å². The Morgan fingerprint density at radius 2 is 1.92 bits per heavy atom. The summed E-state index contributed by atoms with van der Waals surface area (Å²) in [4.78, 5) is 0. The SMILES string of the molecule is C\C=C/C=C(C)/C=C/C(C)(C)O. The highest BCUT2D eigenvalue weighted by atomic mass is 16.3. The molecule has 1 nitrogen and oxygen atoms in total. The van der Waals surface area contributed by atoms with Crippen molar-refractivity contribution in [3.63, 3.8) is 0 Å². The van der Waals surface area contributed by atoms with Crippen LogP contribution in [0.25, 0.3) is 0 Å². The van der Waals surface area contributed by atoms with Gasteiger partial charge in [0.05, 0.1) is 5.60 Å². The number of hydrogen-bond donors (Lipinski definition) is 1. The van der Waals surface area contributed by atoms with Crippen LogP contribution in [-0.4, -0.2) is 10.7 Å². The van der Waals surface area contributed by atoms with Crippen molar-refractivity contribution in [2.45, 2.75) is 33.3 Å². The second-order valence-corrected chi connectivity index (χ2v) is 3.42. The lowest BCUT2D eigenvalue weighted by atomic mass is 10.1. The van der Waals surface area contributed by atoms with Crippen LogP contribution in [0, 0.1) is 0 Å². The summed E-state index contributed by atoms with van der Waals surface area (Å²) >= 11 is 0. The molecule has 0 aliphatic heterocycles. The Morgan fingerprint density at radius 3 is 2.33 bits per heavy atom. The summed E-state index contributed by atoms with van der Waals surface area (Å²) in [5, 5.41) is 9.36. The molecule has 0 saturated heterocycles. The van der Waals surface area contributed by atoms with Crippen LogP contribution in [0.2, 0.25) is 0 Å². The molecule has 0 aliphatic carbocycles.